The van der Waals surface area contributed by atoms with Crippen molar-refractivity contribution in [2.75, 3.05) is 25.0 Å². The maximum atomic E-state index is 13.0. The first kappa shape index (κ1) is 14.7. The van der Waals surface area contributed by atoms with Crippen molar-refractivity contribution in [3.8, 4) is 0 Å². The van der Waals surface area contributed by atoms with Gasteiger partial charge in [-0.2, -0.15) is 5.10 Å². The number of anilines is 1. The molecular weight excluding hydrogens is 283 g/mol. The minimum Gasteiger partial charge on any atom is -0.315 e. The van der Waals surface area contributed by atoms with Gasteiger partial charge in [0.2, 0.25) is 5.91 Å². The van der Waals surface area contributed by atoms with Gasteiger partial charge in [-0.25, -0.2) is 4.39 Å². The number of hydrogen-bond acceptors (Lipinski definition) is 3. The van der Waals surface area contributed by atoms with Crippen LogP contribution in [0.2, 0.25) is 0 Å². The number of nitrogens with one attached hydrogen (secondary N) is 1. The maximum Gasteiger partial charge on any atom is 0.231 e. The van der Waals surface area contributed by atoms with Gasteiger partial charge in [-0.15, -0.1) is 0 Å². The third-order valence-electron chi connectivity index (χ3n) is 4.23. The molecule has 2 heterocycles. The summed E-state index contributed by atoms with van der Waals surface area (Å²) in [6.45, 7) is 1.41. The first-order chi connectivity index (χ1) is 10.6. The predicted molar refractivity (Wildman–Crippen MR) is 82.1 cm³/mol. The molecule has 1 aliphatic rings. The Bertz CT molecular complexity index is 667. The van der Waals surface area contributed by atoms with E-state index in [9.17, 15) is 9.18 Å². The second-order valence-electron chi connectivity index (χ2n) is 5.69. The van der Waals surface area contributed by atoms with E-state index in [1.807, 2.05) is 19.4 Å². The first-order valence-corrected chi connectivity index (χ1v) is 7.28. The Morgan fingerprint density at radius 3 is 2.73 bits per heavy atom. The molecule has 6 heteroatoms. The molecule has 116 valence electrons. The highest BCUT2D eigenvalue weighted by Crippen LogP contribution is 2.30. The Labute approximate surface area is 128 Å². The molecule has 0 saturated carbocycles. The third-order valence-corrected chi connectivity index (χ3v) is 4.23. The molecule has 2 atom stereocenters. The Hall–Kier alpha value is -2.21. The van der Waals surface area contributed by atoms with E-state index in [1.165, 1.54) is 12.1 Å². The standard InChI is InChI=1S/C16H19FN4O/c1-20-10-11(7-19-20)14-8-18-9-15(14)16(22)21(2)13-5-3-12(17)4-6-13/h3-7,10,14-15,18H,8-9H2,1-2H3/t14-,15+/m1/s1. The minimum atomic E-state index is -0.305. The molecule has 3 rings (SSSR count). The molecule has 1 aromatic carbocycles. The van der Waals surface area contributed by atoms with Crippen molar-refractivity contribution in [2.45, 2.75) is 5.92 Å². The molecule has 1 aromatic heterocycles. The number of carbonyl (C=O) groups excluding carboxylic acids is 1. The van der Waals surface area contributed by atoms with Crippen molar-refractivity contribution in [3.05, 3.63) is 48.0 Å². The lowest BCUT2D eigenvalue weighted by Crippen LogP contribution is -2.36. The lowest BCUT2D eigenvalue weighted by Gasteiger charge is -2.24. The van der Waals surface area contributed by atoms with Gasteiger partial charge in [0, 0.05) is 45.0 Å². The van der Waals surface area contributed by atoms with E-state index >= 15 is 0 Å². The van der Waals surface area contributed by atoms with E-state index in [0.29, 0.717) is 12.2 Å². The largest absolute Gasteiger partial charge is 0.315 e. The van der Waals surface area contributed by atoms with Crippen LogP contribution < -0.4 is 10.2 Å². The van der Waals surface area contributed by atoms with Gasteiger partial charge in [0.05, 0.1) is 12.1 Å². The highest BCUT2D eigenvalue weighted by molar-refractivity contribution is 5.95. The minimum absolute atomic E-state index is 0.0328. The summed E-state index contributed by atoms with van der Waals surface area (Å²) in [5.41, 5.74) is 1.77. The van der Waals surface area contributed by atoms with Gasteiger partial charge in [0.25, 0.3) is 0 Å². The zero-order chi connectivity index (χ0) is 15.7. The summed E-state index contributed by atoms with van der Waals surface area (Å²) in [4.78, 5) is 14.4. The highest BCUT2D eigenvalue weighted by Gasteiger charge is 2.36. The summed E-state index contributed by atoms with van der Waals surface area (Å²) >= 11 is 0. The summed E-state index contributed by atoms with van der Waals surface area (Å²) < 4.78 is 14.8. The van der Waals surface area contributed by atoms with Crippen molar-refractivity contribution in [1.82, 2.24) is 15.1 Å². The number of halogens is 1. The van der Waals surface area contributed by atoms with Crippen molar-refractivity contribution in [2.24, 2.45) is 13.0 Å². The van der Waals surface area contributed by atoms with Crippen molar-refractivity contribution < 1.29 is 9.18 Å². The Morgan fingerprint density at radius 1 is 1.36 bits per heavy atom. The Kier molecular flexibility index (Phi) is 3.94. The predicted octanol–water partition coefficient (Wildman–Crippen LogP) is 1.53. The summed E-state index contributed by atoms with van der Waals surface area (Å²) in [5, 5.41) is 7.47. The van der Waals surface area contributed by atoms with E-state index in [4.69, 9.17) is 0 Å². The van der Waals surface area contributed by atoms with Gasteiger partial charge in [-0.05, 0) is 29.8 Å². The van der Waals surface area contributed by atoms with Gasteiger partial charge in [0.1, 0.15) is 5.82 Å². The number of carbonyl (C=O) groups is 1. The Balaban J connectivity index is 1.79. The topological polar surface area (TPSA) is 50.2 Å². The quantitative estimate of drug-likeness (QED) is 0.935. The number of nitrogens with zero attached hydrogens (tertiary/aromatic N) is 3. The van der Waals surface area contributed by atoms with E-state index < -0.39 is 0 Å². The molecule has 2 aromatic rings. The average Bonchev–Trinajstić information content (AvgIpc) is 3.15. The zero-order valence-corrected chi connectivity index (χ0v) is 12.7. The molecule has 0 spiro atoms. The molecule has 1 N–H and O–H groups in total. The zero-order valence-electron chi connectivity index (χ0n) is 12.7. The molecule has 22 heavy (non-hydrogen) atoms. The third kappa shape index (κ3) is 2.74. The number of aromatic nitrogens is 2. The normalized spacial score (nSPS) is 21.0. The molecule has 1 amide bonds. The number of aryl methyl sites for hydroxylation is 1. The second-order valence-corrected chi connectivity index (χ2v) is 5.69. The monoisotopic (exact) mass is 302 g/mol. The number of rotatable bonds is 3. The summed E-state index contributed by atoms with van der Waals surface area (Å²) in [5.74, 6) is -0.297. The fraction of sp³-hybridized carbons (Fsp3) is 0.375. The van der Waals surface area contributed by atoms with Crippen molar-refractivity contribution in [3.63, 3.8) is 0 Å². The van der Waals surface area contributed by atoms with Crippen LogP contribution in [0, 0.1) is 11.7 Å². The molecule has 1 aliphatic heterocycles. The van der Waals surface area contributed by atoms with Crippen LogP contribution in [0.1, 0.15) is 11.5 Å². The second kappa shape index (κ2) is 5.88. The van der Waals surface area contributed by atoms with Crippen LogP contribution in [0.15, 0.2) is 36.7 Å². The Morgan fingerprint density at radius 2 is 2.09 bits per heavy atom. The summed E-state index contributed by atoms with van der Waals surface area (Å²) in [6.07, 6.45) is 3.77. The molecule has 1 fully saturated rings. The van der Waals surface area contributed by atoms with E-state index in [2.05, 4.69) is 10.4 Å². The van der Waals surface area contributed by atoms with Gasteiger partial charge >= 0.3 is 0 Å². The molecule has 1 saturated heterocycles. The van der Waals surface area contributed by atoms with Crippen LogP contribution in [0.3, 0.4) is 0 Å². The fourth-order valence-corrected chi connectivity index (χ4v) is 2.96. The molecular formula is C16H19FN4O. The van der Waals surface area contributed by atoms with Crippen LogP contribution in [-0.2, 0) is 11.8 Å². The molecule has 0 aliphatic carbocycles. The molecule has 0 bridgehead atoms. The fourth-order valence-electron chi connectivity index (χ4n) is 2.96. The van der Waals surface area contributed by atoms with Gasteiger partial charge in [-0.1, -0.05) is 0 Å². The number of hydrogen-bond donors (Lipinski definition) is 1. The average molecular weight is 302 g/mol. The van der Waals surface area contributed by atoms with Crippen LogP contribution in [0.25, 0.3) is 0 Å². The van der Waals surface area contributed by atoms with Crippen molar-refractivity contribution >= 4 is 11.6 Å². The van der Waals surface area contributed by atoms with Crippen LogP contribution >= 0.6 is 0 Å². The van der Waals surface area contributed by atoms with E-state index in [0.717, 1.165) is 12.1 Å². The first-order valence-electron chi connectivity index (χ1n) is 7.28. The molecule has 5 nitrogen and oxygen atoms in total. The lowest BCUT2D eigenvalue weighted by molar-refractivity contribution is -0.121. The van der Waals surface area contributed by atoms with Gasteiger partial charge in [0.15, 0.2) is 0 Å². The SMILES string of the molecule is CN(C(=O)[C@H]1CNC[C@@H]1c1cnn(C)c1)c1ccc(F)cc1. The maximum absolute atomic E-state index is 13.0. The van der Waals surface area contributed by atoms with Gasteiger partial charge < -0.3 is 10.2 Å². The lowest BCUT2D eigenvalue weighted by atomic mass is 9.90. The highest BCUT2D eigenvalue weighted by atomic mass is 19.1. The van der Waals surface area contributed by atoms with Gasteiger partial charge in [-0.3, -0.25) is 9.48 Å². The summed E-state index contributed by atoms with van der Waals surface area (Å²) in [6, 6.07) is 5.97. The van der Waals surface area contributed by atoms with E-state index in [-0.39, 0.29) is 23.6 Å². The van der Waals surface area contributed by atoms with Crippen molar-refractivity contribution in [1.29, 1.82) is 0 Å². The van der Waals surface area contributed by atoms with Crippen LogP contribution in [-0.4, -0.2) is 35.8 Å². The summed E-state index contributed by atoms with van der Waals surface area (Å²) in [7, 11) is 3.60. The van der Waals surface area contributed by atoms with Crippen LogP contribution in [0.4, 0.5) is 10.1 Å². The molecule has 0 radical (unpaired) electrons. The number of benzene rings is 1. The molecule has 0 unspecified atom stereocenters. The van der Waals surface area contributed by atoms with Crippen LogP contribution in [0.5, 0.6) is 0 Å². The smallest absolute Gasteiger partial charge is 0.231 e. The van der Waals surface area contributed by atoms with E-state index in [1.54, 1.807) is 28.8 Å². The number of amides is 1.